The number of nitrogens with zero attached hydrogens (tertiary/aromatic N) is 2. The van der Waals surface area contributed by atoms with Crippen LogP contribution in [0.1, 0.15) is 31.2 Å². The summed E-state index contributed by atoms with van der Waals surface area (Å²) in [6, 6.07) is 8.53. The molecule has 0 radical (unpaired) electrons. The highest BCUT2D eigenvalue weighted by Gasteiger charge is 2.28. The van der Waals surface area contributed by atoms with E-state index in [-0.39, 0.29) is 0 Å². The van der Waals surface area contributed by atoms with Crippen molar-refractivity contribution in [2.45, 2.75) is 32.1 Å². The van der Waals surface area contributed by atoms with Crippen molar-refractivity contribution in [2.24, 2.45) is 5.92 Å². The molecule has 0 spiro atoms. The lowest BCUT2D eigenvalue weighted by Gasteiger charge is -2.32. The smallest absolute Gasteiger partial charge is 0.279 e. The number of hydrogen-bond donors (Lipinski definition) is 1. The largest absolute Gasteiger partial charge is 0.384 e. The van der Waals surface area contributed by atoms with Crippen LogP contribution in [0.25, 0.3) is 0 Å². The maximum absolute atomic E-state index is 12.5. The van der Waals surface area contributed by atoms with Crippen LogP contribution in [0.2, 0.25) is 0 Å². The van der Waals surface area contributed by atoms with Gasteiger partial charge in [-0.2, -0.15) is 12.7 Å². The Morgan fingerprint density at radius 2 is 2.08 bits per heavy atom. The maximum atomic E-state index is 12.5. The quantitative estimate of drug-likeness (QED) is 0.700. The van der Waals surface area contributed by atoms with E-state index in [9.17, 15) is 8.42 Å². The summed E-state index contributed by atoms with van der Waals surface area (Å²) < 4.78 is 34.6. The average molecular weight is 382 g/mol. The molecule has 0 amide bonds. The number of methoxy groups -OCH3 is 1. The third-order valence-corrected chi connectivity index (χ3v) is 6.90. The van der Waals surface area contributed by atoms with Crippen LogP contribution in [0.3, 0.4) is 0 Å². The summed E-state index contributed by atoms with van der Waals surface area (Å²) in [5, 5.41) is 0. The Bertz CT molecular complexity index is 678. The van der Waals surface area contributed by atoms with Crippen LogP contribution in [0.15, 0.2) is 24.3 Å². The Balaban J connectivity index is 1.46. The topological polar surface area (TPSA) is 61.9 Å². The van der Waals surface area contributed by atoms with E-state index in [1.54, 1.807) is 11.4 Å². The van der Waals surface area contributed by atoms with Gasteiger partial charge in [0.15, 0.2) is 0 Å². The number of aryl methyl sites for hydroxylation is 1. The number of fused-ring (bicyclic) bond motifs is 1. The number of anilines is 1. The number of rotatable bonds is 8. The maximum Gasteiger partial charge on any atom is 0.279 e. The second-order valence-electron chi connectivity index (χ2n) is 7.29. The molecule has 3 rings (SSSR count). The summed E-state index contributed by atoms with van der Waals surface area (Å²) in [6.07, 6.45) is 5.05. The molecule has 1 fully saturated rings. The van der Waals surface area contributed by atoms with E-state index in [1.807, 2.05) is 0 Å². The fourth-order valence-corrected chi connectivity index (χ4v) is 5.38. The van der Waals surface area contributed by atoms with Crippen molar-refractivity contribution in [1.29, 1.82) is 0 Å². The number of hydrogen-bond acceptors (Lipinski definition) is 4. The van der Waals surface area contributed by atoms with Gasteiger partial charge >= 0.3 is 0 Å². The van der Waals surface area contributed by atoms with Gasteiger partial charge in [-0.15, -0.1) is 0 Å². The molecule has 0 aliphatic carbocycles. The van der Waals surface area contributed by atoms with E-state index in [0.29, 0.717) is 32.2 Å². The Morgan fingerprint density at radius 3 is 2.92 bits per heavy atom. The molecule has 1 atom stereocenters. The lowest BCUT2D eigenvalue weighted by Crippen LogP contribution is -2.47. The minimum Gasteiger partial charge on any atom is -0.384 e. The Hall–Kier alpha value is -1.15. The summed E-state index contributed by atoms with van der Waals surface area (Å²) in [5.41, 5.74) is 2.71. The number of piperidine rings is 1. The lowest BCUT2D eigenvalue weighted by atomic mass is 10.0. The van der Waals surface area contributed by atoms with Crippen molar-refractivity contribution in [1.82, 2.24) is 9.03 Å². The molecule has 2 aliphatic rings. The fraction of sp³-hybridized carbons (Fsp3) is 0.684. The van der Waals surface area contributed by atoms with Crippen LogP contribution in [0, 0.1) is 5.92 Å². The SMILES string of the molecule is COCC1CCCN(S(=O)(=O)NCCCN2CCCc3ccccc32)C1. The van der Waals surface area contributed by atoms with Crippen LogP contribution >= 0.6 is 0 Å². The standard InChI is InChI=1S/C19H31N3O3S/c1-25-16-17-7-4-14-22(15-17)26(23,24)20-11-6-13-21-12-5-9-18-8-2-3-10-19(18)21/h2-3,8,10,17,20H,4-7,9,11-16H2,1H3. The highest BCUT2D eigenvalue weighted by Crippen LogP contribution is 2.26. The first kappa shape index (κ1) is 19.6. The molecule has 1 N–H and O–H groups in total. The van der Waals surface area contributed by atoms with Crippen molar-refractivity contribution in [2.75, 3.05) is 51.3 Å². The Kier molecular flexibility index (Phi) is 6.92. The first-order chi connectivity index (χ1) is 12.6. The predicted octanol–water partition coefficient (Wildman–Crippen LogP) is 2.02. The molecule has 146 valence electrons. The number of ether oxygens (including phenoxy) is 1. The van der Waals surface area contributed by atoms with Gasteiger partial charge in [-0.3, -0.25) is 0 Å². The van der Waals surface area contributed by atoms with Gasteiger partial charge in [0.25, 0.3) is 10.2 Å². The van der Waals surface area contributed by atoms with Gasteiger partial charge in [0.1, 0.15) is 0 Å². The summed E-state index contributed by atoms with van der Waals surface area (Å²) in [7, 11) is -1.72. The molecular formula is C19H31N3O3S. The highest BCUT2D eigenvalue weighted by molar-refractivity contribution is 7.87. The minimum absolute atomic E-state index is 0.301. The molecular weight excluding hydrogens is 350 g/mol. The van der Waals surface area contributed by atoms with Crippen molar-refractivity contribution >= 4 is 15.9 Å². The second kappa shape index (κ2) is 9.17. The Labute approximate surface area is 157 Å². The van der Waals surface area contributed by atoms with Gasteiger partial charge in [0.05, 0.1) is 6.61 Å². The van der Waals surface area contributed by atoms with E-state index >= 15 is 0 Å². The van der Waals surface area contributed by atoms with E-state index in [4.69, 9.17) is 4.74 Å². The first-order valence-corrected chi connectivity index (χ1v) is 11.1. The molecule has 2 aliphatic heterocycles. The van der Waals surface area contributed by atoms with Gasteiger partial charge in [-0.05, 0) is 49.7 Å². The number of nitrogens with one attached hydrogen (secondary N) is 1. The molecule has 0 saturated carbocycles. The monoisotopic (exact) mass is 381 g/mol. The van der Waals surface area contributed by atoms with Crippen molar-refractivity contribution in [3.63, 3.8) is 0 Å². The minimum atomic E-state index is -3.39. The van der Waals surface area contributed by atoms with Crippen LogP contribution in [0.4, 0.5) is 5.69 Å². The molecule has 7 heteroatoms. The summed E-state index contributed by atoms with van der Waals surface area (Å²) in [6.45, 7) is 4.20. The zero-order valence-corrected chi connectivity index (χ0v) is 16.5. The van der Waals surface area contributed by atoms with Gasteiger partial charge in [0.2, 0.25) is 0 Å². The second-order valence-corrected chi connectivity index (χ2v) is 9.05. The summed E-state index contributed by atoms with van der Waals surface area (Å²) in [4.78, 5) is 2.38. The third kappa shape index (κ3) is 4.97. The molecule has 1 saturated heterocycles. The highest BCUT2D eigenvalue weighted by atomic mass is 32.2. The van der Waals surface area contributed by atoms with E-state index in [2.05, 4.69) is 33.9 Å². The number of para-hydroxylation sites is 1. The molecule has 1 aromatic rings. The van der Waals surface area contributed by atoms with E-state index in [1.165, 1.54) is 11.3 Å². The Morgan fingerprint density at radius 1 is 1.23 bits per heavy atom. The molecule has 1 unspecified atom stereocenters. The average Bonchev–Trinajstić information content (AvgIpc) is 2.66. The first-order valence-electron chi connectivity index (χ1n) is 9.66. The number of benzene rings is 1. The molecule has 2 heterocycles. The van der Waals surface area contributed by atoms with Gasteiger partial charge in [-0.1, -0.05) is 18.2 Å². The van der Waals surface area contributed by atoms with Crippen LogP contribution in [-0.4, -0.2) is 59.2 Å². The fourth-order valence-electron chi connectivity index (χ4n) is 4.02. The summed E-state index contributed by atoms with van der Waals surface area (Å²) >= 11 is 0. The van der Waals surface area contributed by atoms with Crippen molar-refractivity contribution in [3.8, 4) is 0 Å². The zero-order valence-electron chi connectivity index (χ0n) is 15.7. The molecule has 6 nitrogen and oxygen atoms in total. The third-order valence-electron chi connectivity index (χ3n) is 5.32. The normalized spacial score (nSPS) is 21.6. The van der Waals surface area contributed by atoms with E-state index < -0.39 is 10.2 Å². The molecule has 0 bridgehead atoms. The van der Waals surface area contributed by atoms with Gasteiger partial charge < -0.3 is 9.64 Å². The molecule has 26 heavy (non-hydrogen) atoms. The molecule has 1 aromatic carbocycles. The van der Waals surface area contributed by atoms with Gasteiger partial charge in [0, 0.05) is 45.5 Å². The van der Waals surface area contributed by atoms with Crippen molar-refractivity contribution < 1.29 is 13.2 Å². The zero-order chi connectivity index (χ0) is 18.4. The van der Waals surface area contributed by atoms with E-state index in [0.717, 1.165) is 45.2 Å². The van der Waals surface area contributed by atoms with Gasteiger partial charge in [-0.25, -0.2) is 4.72 Å². The van der Waals surface area contributed by atoms with Crippen LogP contribution < -0.4 is 9.62 Å². The molecule has 0 aromatic heterocycles. The predicted molar refractivity (Wildman–Crippen MR) is 105 cm³/mol. The summed E-state index contributed by atoms with van der Waals surface area (Å²) in [5.74, 6) is 0.301. The van der Waals surface area contributed by atoms with Crippen LogP contribution in [-0.2, 0) is 21.4 Å². The lowest BCUT2D eigenvalue weighted by molar-refractivity contribution is 0.118. The van der Waals surface area contributed by atoms with Crippen molar-refractivity contribution in [3.05, 3.63) is 29.8 Å². The van der Waals surface area contributed by atoms with Crippen LogP contribution in [0.5, 0.6) is 0 Å².